The summed E-state index contributed by atoms with van der Waals surface area (Å²) in [4.78, 5) is 12.6. The number of rotatable bonds is 5. The third-order valence-corrected chi connectivity index (χ3v) is 6.16. The molecule has 0 bridgehead atoms. The zero-order valence-corrected chi connectivity index (χ0v) is 16.3. The van der Waals surface area contributed by atoms with Gasteiger partial charge in [-0.1, -0.05) is 12.1 Å². The van der Waals surface area contributed by atoms with Crippen LogP contribution in [0.5, 0.6) is 11.5 Å². The number of carbonyl (C=O) groups is 1. The fourth-order valence-corrected chi connectivity index (χ4v) is 3.88. The molecule has 0 spiro atoms. The van der Waals surface area contributed by atoms with Gasteiger partial charge in [-0.25, -0.2) is 12.7 Å². The molecule has 0 atom stereocenters. The van der Waals surface area contributed by atoms with Crippen LogP contribution < -0.4 is 14.8 Å². The van der Waals surface area contributed by atoms with Crippen LogP contribution in [0.1, 0.15) is 11.1 Å². The van der Waals surface area contributed by atoms with Crippen LogP contribution in [0.2, 0.25) is 0 Å². The van der Waals surface area contributed by atoms with Gasteiger partial charge in [-0.3, -0.25) is 4.79 Å². The Bertz CT molecular complexity index is 970. The molecular weight excluding hydrogens is 368 g/mol. The standard InChI is InChI=1S/C19H22N2O5S/c1-13-4-6-15(12-18(13)27(23,24)21(2)3)20-19(22)11-14-5-7-16-17(10-14)26-9-8-25-16/h4-7,10,12H,8-9,11H2,1-3H3,(H,20,22). The molecule has 0 saturated carbocycles. The maximum atomic E-state index is 12.4. The molecule has 3 rings (SSSR count). The molecule has 1 heterocycles. The molecule has 2 aromatic rings. The second-order valence-corrected chi connectivity index (χ2v) is 8.59. The minimum absolute atomic E-state index is 0.139. The summed E-state index contributed by atoms with van der Waals surface area (Å²) < 4.78 is 37.0. The van der Waals surface area contributed by atoms with Crippen LogP contribution in [0, 0.1) is 6.92 Å². The van der Waals surface area contributed by atoms with Gasteiger partial charge in [-0.15, -0.1) is 0 Å². The number of ether oxygens (including phenoxy) is 2. The number of aryl methyl sites for hydroxylation is 1. The first-order valence-corrected chi connectivity index (χ1v) is 9.93. The molecule has 0 unspecified atom stereocenters. The lowest BCUT2D eigenvalue weighted by atomic mass is 10.1. The van der Waals surface area contributed by atoms with Crippen molar-refractivity contribution in [2.75, 3.05) is 32.6 Å². The zero-order chi connectivity index (χ0) is 19.6. The number of carbonyl (C=O) groups excluding carboxylic acids is 1. The summed E-state index contributed by atoms with van der Waals surface area (Å²) in [5, 5.41) is 2.76. The Morgan fingerprint density at radius 2 is 1.78 bits per heavy atom. The van der Waals surface area contributed by atoms with E-state index in [-0.39, 0.29) is 17.2 Å². The molecule has 144 valence electrons. The third-order valence-electron chi connectivity index (χ3n) is 4.20. The summed E-state index contributed by atoms with van der Waals surface area (Å²) >= 11 is 0. The molecule has 7 nitrogen and oxygen atoms in total. The fraction of sp³-hybridized carbons (Fsp3) is 0.316. The molecule has 1 aliphatic heterocycles. The molecule has 0 fully saturated rings. The lowest BCUT2D eigenvalue weighted by Gasteiger charge is -2.19. The van der Waals surface area contributed by atoms with Crippen LogP contribution in [-0.2, 0) is 21.2 Å². The van der Waals surface area contributed by atoms with E-state index in [2.05, 4.69) is 5.32 Å². The van der Waals surface area contributed by atoms with Gasteiger partial charge in [0.1, 0.15) is 13.2 Å². The van der Waals surface area contributed by atoms with E-state index >= 15 is 0 Å². The van der Waals surface area contributed by atoms with Crippen LogP contribution in [0.15, 0.2) is 41.3 Å². The first-order valence-electron chi connectivity index (χ1n) is 8.49. The lowest BCUT2D eigenvalue weighted by Crippen LogP contribution is -2.23. The van der Waals surface area contributed by atoms with E-state index in [0.717, 1.165) is 9.87 Å². The predicted molar refractivity (Wildman–Crippen MR) is 102 cm³/mol. The van der Waals surface area contributed by atoms with Gasteiger partial charge in [0, 0.05) is 19.8 Å². The molecule has 1 N–H and O–H groups in total. The number of fused-ring (bicyclic) bond motifs is 1. The molecular formula is C19H22N2O5S. The normalized spacial score (nSPS) is 13.5. The van der Waals surface area contributed by atoms with Crippen molar-refractivity contribution >= 4 is 21.6 Å². The van der Waals surface area contributed by atoms with Crippen LogP contribution >= 0.6 is 0 Å². The van der Waals surface area contributed by atoms with Gasteiger partial charge in [0.25, 0.3) is 0 Å². The molecule has 0 aromatic heterocycles. The van der Waals surface area contributed by atoms with E-state index < -0.39 is 10.0 Å². The zero-order valence-electron chi connectivity index (χ0n) is 15.5. The number of amides is 1. The van der Waals surface area contributed by atoms with Crippen molar-refractivity contribution in [2.24, 2.45) is 0 Å². The topological polar surface area (TPSA) is 84.9 Å². The Kier molecular flexibility index (Phi) is 5.38. The molecule has 2 aromatic carbocycles. The summed E-state index contributed by atoms with van der Waals surface area (Å²) in [6, 6.07) is 10.2. The Hall–Kier alpha value is -2.58. The highest BCUT2D eigenvalue weighted by Crippen LogP contribution is 2.31. The monoisotopic (exact) mass is 390 g/mol. The quantitative estimate of drug-likeness (QED) is 0.846. The molecule has 1 amide bonds. The van der Waals surface area contributed by atoms with Crippen molar-refractivity contribution in [1.29, 1.82) is 0 Å². The highest BCUT2D eigenvalue weighted by Gasteiger charge is 2.20. The van der Waals surface area contributed by atoms with Gasteiger partial charge in [-0.2, -0.15) is 0 Å². The SMILES string of the molecule is Cc1ccc(NC(=O)Cc2ccc3c(c2)OCCO3)cc1S(=O)(=O)N(C)C. The van der Waals surface area contributed by atoms with Gasteiger partial charge < -0.3 is 14.8 Å². The predicted octanol–water partition coefficient (Wildman–Crippen LogP) is 2.20. The van der Waals surface area contributed by atoms with E-state index in [1.54, 1.807) is 31.2 Å². The molecule has 1 aliphatic rings. The molecule has 0 aliphatic carbocycles. The van der Waals surface area contributed by atoms with Crippen molar-refractivity contribution in [3.63, 3.8) is 0 Å². The van der Waals surface area contributed by atoms with Gasteiger partial charge in [0.05, 0.1) is 11.3 Å². The third kappa shape index (κ3) is 4.23. The number of hydrogen-bond donors (Lipinski definition) is 1. The number of benzene rings is 2. The molecule has 27 heavy (non-hydrogen) atoms. The van der Waals surface area contributed by atoms with Crippen LogP contribution in [-0.4, -0.2) is 45.9 Å². The summed E-state index contributed by atoms with van der Waals surface area (Å²) in [5.74, 6) is 1.05. The Morgan fingerprint density at radius 1 is 1.07 bits per heavy atom. The highest BCUT2D eigenvalue weighted by atomic mass is 32.2. The number of hydrogen-bond acceptors (Lipinski definition) is 5. The summed E-state index contributed by atoms with van der Waals surface area (Å²) in [6.07, 6.45) is 0.139. The summed E-state index contributed by atoms with van der Waals surface area (Å²) in [6.45, 7) is 2.71. The maximum Gasteiger partial charge on any atom is 0.242 e. The largest absolute Gasteiger partial charge is 0.486 e. The number of anilines is 1. The van der Waals surface area contributed by atoms with Gasteiger partial charge in [0.15, 0.2) is 11.5 Å². The first-order chi connectivity index (χ1) is 12.8. The average Bonchev–Trinajstić information content (AvgIpc) is 2.63. The van der Waals surface area contributed by atoms with E-state index in [4.69, 9.17) is 9.47 Å². The van der Waals surface area contributed by atoms with Gasteiger partial charge in [-0.05, 0) is 42.3 Å². The van der Waals surface area contributed by atoms with E-state index in [0.29, 0.717) is 36.0 Å². The van der Waals surface area contributed by atoms with Crippen LogP contribution in [0.3, 0.4) is 0 Å². The van der Waals surface area contributed by atoms with Crippen molar-refractivity contribution in [2.45, 2.75) is 18.2 Å². The van der Waals surface area contributed by atoms with E-state index in [1.165, 1.54) is 20.2 Å². The van der Waals surface area contributed by atoms with E-state index in [1.807, 2.05) is 6.07 Å². The van der Waals surface area contributed by atoms with Crippen molar-refractivity contribution < 1.29 is 22.7 Å². The number of nitrogens with zero attached hydrogens (tertiary/aromatic N) is 1. The number of nitrogens with one attached hydrogen (secondary N) is 1. The first kappa shape index (κ1) is 19.2. The van der Waals surface area contributed by atoms with Crippen molar-refractivity contribution in [3.8, 4) is 11.5 Å². The Morgan fingerprint density at radius 3 is 2.48 bits per heavy atom. The lowest BCUT2D eigenvalue weighted by molar-refractivity contribution is -0.115. The molecule has 8 heteroatoms. The van der Waals surface area contributed by atoms with Crippen LogP contribution in [0.25, 0.3) is 0 Å². The maximum absolute atomic E-state index is 12.4. The minimum atomic E-state index is -3.58. The molecule has 0 saturated heterocycles. The summed E-state index contributed by atoms with van der Waals surface area (Å²) in [7, 11) is -0.635. The smallest absolute Gasteiger partial charge is 0.242 e. The van der Waals surface area contributed by atoms with Crippen molar-refractivity contribution in [1.82, 2.24) is 4.31 Å². The van der Waals surface area contributed by atoms with E-state index in [9.17, 15) is 13.2 Å². The van der Waals surface area contributed by atoms with Gasteiger partial charge >= 0.3 is 0 Å². The second kappa shape index (κ2) is 7.58. The summed E-state index contributed by atoms with van der Waals surface area (Å²) in [5.41, 5.74) is 1.84. The second-order valence-electron chi connectivity index (χ2n) is 6.47. The van der Waals surface area contributed by atoms with Crippen molar-refractivity contribution in [3.05, 3.63) is 47.5 Å². The Labute approximate surface area is 158 Å². The molecule has 0 radical (unpaired) electrons. The van der Waals surface area contributed by atoms with Crippen LogP contribution in [0.4, 0.5) is 5.69 Å². The average molecular weight is 390 g/mol. The fourth-order valence-electron chi connectivity index (χ4n) is 2.74. The van der Waals surface area contributed by atoms with Gasteiger partial charge in [0.2, 0.25) is 15.9 Å². The Balaban J connectivity index is 1.75. The number of sulfonamides is 1. The minimum Gasteiger partial charge on any atom is -0.486 e. The highest BCUT2D eigenvalue weighted by molar-refractivity contribution is 7.89.